The SMILES string of the molecule is Cc1nc(C2CCCN(C(C)c3ccncc3)C2)no1. The molecular formula is C15H20N4O. The Balaban J connectivity index is 1.72. The van der Waals surface area contributed by atoms with Crippen molar-refractivity contribution in [3.63, 3.8) is 0 Å². The molecule has 0 bridgehead atoms. The first-order valence-corrected chi connectivity index (χ1v) is 7.18. The van der Waals surface area contributed by atoms with E-state index in [1.54, 1.807) is 0 Å². The second-order valence-corrected chi connectivity index (χ2v) is 5.46. The van der Waals surface area contributed by atoms with Gasteiger partial charge in [0.25, 0.3) is 0 Å². The third kappa shape index (κ3) is 2.72. The van der Waals surface area contributed by atoms with Crippen LogP contribution in [0.5, 0.6) is 0 Å². The van der Waals surface area contributed by atoms with Crippen LogP contribution in [0, 0.1) is 6.92 Å². The third-order valence-electron chi connectivity index (χ3n) is 4.10. The Morgan fingerprint density at radius 2 is 2.15 bits per heavy atom. The summed E-state index contributed by atoms with van der Waals surface area (Å²) in [6, 6.07) is 4.58. The molecule has 3 rings (SSSR count). The summed E-state index contributed by atoms with van der Waals surface area (Å²) in [6.45, 7) is 6.20. The molecule has 0 spiro atoms. The van der Waals surface area contributed by atoms with E-state index in [1.807, 2.05) is 19.3 Å². The van der Waals surface area contributed by atoms with Crippen LogP contribution in [0.4, 0.5) is 0 Å². The van der Waals surface area contributed by atoms with E-state index in [-0.39, 0.29) is 0 Å². The molecule has 1 aliphatic heterocycles. The minimum Gasteiger partial charge on any atom is -0.340 e. The molecule has 2 atom stereocenters. The van der Waals surface area contributed by atoms with Gasteiger partial charge in [0.1, 0.15) is 0 Å². The normalized spacial score (nSPS) is 21.8. The van der Waals surface area contributed by atoms with Crippen LogP contribution in [0.2, 0.25) is 0 Å². The monoisotopic (exact) mass is 272 g/mol. The van der Waals surface area contributed by atoms with Crippen LogP contribution < -0.4 is 0 Å². The summed E-state index contributed by atoms with van der Waals surface area (Å²) in [7, 11) is 0. The molecule has 2 unspecified atom stereocenters. The number of aromatic nitrogens is 3. The van der Waals surface area contributed by atoms with Crippen molar-refractivity contribution < 1.29 is 4.52 Å². The van der Waals surface area contributed by atoms with Crippen molar-refractivity contribution in [2.75, 3.05) is 13.1 Å². The molecule has 1 fully saturated rings. The highest BCUT2D eigenvalue weighted by Crippen LogP contribution is 2.30. The summed E-state index contributed by atoms with van der Waals surface area (Å²) in [4.78, 5) is 11.0. The van der Waals surface area contributed by atoms with Gasteiger partial charge in [0.2, 0.25) is 5.89 Å². The van der Waals surface area contributed by atoms with Crippen LogP contribution in [0.15, 0.2) is 29.0 Å². The molecule has 2 aromatic heterocycles. The van der Waals surface area contributed by atoms with Crippen LogP contribution in [0.25, 0.3) is 0 Å². The lowest BCUT2D eigenvalue weighted by Crippen LogP contribution is -2.36. The minimum atomic E-state index is 0.380. The van der Waals surface area contributed by atoms with E-state index in [0.717, 1.165) is 25.3 Å². The first-order valence-electron chi connectivity index (χ1n) is 7.18. The lowest BCUT2D eigenvalue weighted by molar-refractivity contribution is 0.154. The van der Waals surface area contributed by atoms with Crippen LogP contribution in [0.3, 0.4) is 0 Å². The Labute approximate surface area is 119 Å². The van der Waals surface area contributed by atoms with Crippen molar-refractivity contribution in [1.82, 2.24) is 20.0 Å². The molecule has 2 aromatic rings. The first kappa shape index (κ1) is 13.2. The number of piperidine rings is 1. The topological polar surface area (TPSA) is 55.1 Å². The average Bonchev–Trinajstić information content (AvgIpc) is 2.94. The molecule has 0 radical (unpaired) electrons. The molecule has 3 heterocycles. The minimum absolute atomic E-state index is 0.380. The van der Waals surface area contributed by atoms with E-state index in [0.29, 0.717) is 17.9 Å². The zero-order valence-electron chi connectivity index (χ0n) is 12.0. The predicted molar refractivity (Wildman–Crippen MR) is 75.2 cm³/mol. The van der Waals surface area contributed by atoms with E-state index >= 15 is 0 Å². The summed E-state index contributed by atoms with van der Waals surface area (Å²) in [6.07, 6.45) is 6.03. The quantitative estimate of drug-likeness (QED) is 0.860. The van der Waals surface area contributed by atoms with Crippen molar-refractivity contribution in [1.29, 1.82) is 0 Å². The highest BCUT2D eigenvalue weighted by Gasteiger charge is 2.27. The first-order chi connectivity index (χ1) is 9.74. The van der Waals surface area contributed by atoms with Crippen LogP contribution in [0.1, 0.15) is 49.0 Å². The lowest BCUT2D eigenvalue weighted by atomic mass is 9.95. The van der Waals surface area contributed by atoms with E-state index in [4.69, 9.17) is 4.52 Å². The number of pyridine rings is 1. The molecule has 5 nitrogen and oxygen atoms in total. The Morgan fingerprint density at radius 1 is 1.35 bits per heavy atom. The Morgan fingerprint density at radius 3 is 2.85 bits per heavy atom. The molecule has 0 aliphatic carbocycles. The number of hydrogen-bond acceptors (Lipinski definition) is 5. The van der Waals surface area contributed by atoms with Crippen LogP contribution in [-0.4, -0.2) is 33.1 Å². The second-order valence-electron chi connectivity index (χ2n) is 5.46. The maximum atomic E-state index is 5.11. The molecule has 106 valence electrons. The molecule has 0 aromatic carbocycles. The molecular weight excluding hydrogens is 252 g/mol. The van der Waals surface area contributed by atoms with E-state index in [9.17, 15) is 0 Å². The van der Waals surface area contributed by atoms with Crippen molar-refractivity contribution in [2.45, 2.75) is 38.6 Å². The standard InChI is InChI=1S/C15H20N4O/c1-11(13-5-7-16-8-6-13)19-9-3-4-14(10-19)15-17-12(2)20-18-15/h5-8,11,14H,3-4,9-10H2,1-2H3. The van der Waals surface area contributed by atoms with Crippen LogP contribution >= 0.6 is 0 Å². The summed E-state index contributed by atoms with van der Waals surface area (Å²) in [5, 5.41) is 4.08. The molecule has 20 heavy (non-hydrogen) atoms. The van der Waals surface area contributed by atoms with Gasteiger partial charge < -0.3 is 4.52 Å². The van der Waals surface area contributed by atoms with Gasteiger partial charge in [-0.25, -0.2) is 0 Å². The fourth-order valence-electron chi connectivity index (χ4n) is 2.90. The molecule has 0 saturated carbocycles. The number of nitrogens with zero attached hydrogens (tertiary/aromatic N) is 4. The van der Waals surface area contributed by atoms with E-state index < -0.39 is 0 Å². The molecule has 0 amide bonds. The largest absolute Gasteiger partial charge is 0.340 e. The average molecular weight is 272 g/mol. The van der Waals surface area contributed by atoms with Gasteiger partial charge in [-0.05, 0) is 44.0 Å². The van der Waals surface area contributed by atoms with Crippen molar-refractivity contribution in [3.8, 4) is 0 Å². The Hall–Kier alpha value is -1.75. The smallest absolute Gasteiger partial charge is 0.223 e. The Bertz CT molecular complexity index is 554. The van der Waals surface area contributed by atoms with Gasteiger partial charge in [-0.1, -0.05) is 5.16 Å². The van der Waals surface area contributed by atoms with Crippen molar-refractivity contribution >= 4 is 0 Å². The molecule has 0 N–H and O–H groups in total. The second kappa shape index (κ2) is 5.71. The lowest BCUT2D eigenvalue weighted by Gasteiger charge is -2.35. The highest BCUT2D eigenvalue weighted by atomic mass is 16.5. The predicted octanol–water partition coefficient (Wildman–Crippen LogP) is 2.71. The zero-order chi connectivity index (χ0) is 13.9. The number of likely N-dealkylation sites (tertiary alicyclic amines) is 1. The summed E-state index contributed by atoms with van der Waals surface area (Å²) >= 11 is 0. The molecule has 1 aliphatic rings. The van der Waals surface area contributed by atoms with E-state index in [2.05, 4.69) is 39.1 Å². The highest BCUT2D eigenvalue weighted by molar-refractivity contribution is 5.15. The summed E-state index contributed by atoms with van der Waals surface area (Å²) < 4.78 is 5.11. The fourth-order valence-corrected chi connectivity index (χ4v) is 2.90. The summed E-state index contributed by atoms with van der Waals surface area (Å²) in [5.74, 6) is 1.89. The van der Waals surface area contributed by atoms with Crippen LogP contribution in [-0.2, 0) is 0 Å². The van der Waals surface area contributed by atoms with Gasteiger partial charge in [0, 0.05) is 37.8 Å². The maximum Gasteiger partial charge on any atom is 0.223 e. The van der Waals surface area contributed by atoms with Gasteiger partial charge in [-0.2, -0.15) is 4.98 Å². The maximum absolute atomic E-state index is 5.11. The number of rotatable bonds is 3. The van der Waals surface area contributed by atoms with Crippen molar-refractivity contribution in [3.05, 3.63) is 41.8 Å². The summed E-state index contributed by atoms with van der Waals surface area (Å²) in [5.41, 5.74) is 1.31. The van der Waals surface area contributed by atoms with Gasteiger partial charge in [-0.3, -0.25) is 9.88 Å². The zero-order valence-corrected chi connectivity index (χ0v) is 12.0. The Kier molecular flexibility index (Phi) is 3.78. The van der Waals surface area contributed by atoms with Gasteiger partial charge in [0.15, 0.2) is 5.82 Å². The van der Waals surface area contributed by atoms with Gasteiger partial charge in [-0.15, -0.1) is 0 Å². The number of aryl methyl sites for hydroxylation is 1. The number of hydrogen-bond donors (Lipinski definition) is 0. The fraction of sp³-hybridized carbons (Fsp3) is 0.533. The van der Waals surface area contributed by atoms with Gasteiger partial charge >= 0.3 is 0 Å². The van der Waals surface area contributed by atoms with Gasteiger partial charge in [0.05, 0.1) is 0 Å². The molecule has 1 saturated heterocycles. The van der Waals surface area contributed by atoms with E-state index in [1.165, 1.54) is 12.0 Å². The third-order valence-corrected chi connectivity index (χ3v) is 4.10. The van der Waals surface area contributed by atoms with Crippen molar-refractivity contribution in [2.24, 2.45) is 0 Å². The molecule has 5 heteroatoms.